The van der Waals surface area contributed by atoms with E-state index in [1.807, 2.05) is 30.3 Å². The van der Waals surface area contributed by atoms with E-state index in [2.05, 4.69) is 0 Å². The van der Waals surface area contributed by atoms with Gasteiger partial charge in [-0.3, -0.25) is 4.79 Å². The monoisotopic (exact) mass is 286 g/mol. The molecule has 0 aliphatic rings. The summed E-state index contributed by atoms with van der Waals surface area (Å²) in [7, 11) is 3.07. The van der Waals surface area contributed by atoms with Crippen LogP contribution in [0.3, 0.4) is 0 Å². The molecule has 0 amide bonds. The highest BCUT2D eigenvalue weighted by Crippen LogP contribution is 2.35. The van der Waals surface area contributed by atoms with Crippen LogP contribution >= 0.6 is 0 Å². The zero-order chi connectivity index (χ0) is 15.2. The van der Waals surface area contributed by atoms with E-state index >= 15 is 0 Å². The van der Waals surface area contributed by atoms with Gasteiger partial charge in [0.05, 0.1) is 19.8 Å². The van der Waals surface area contributed by atoms with Crippen LogP contribution in [0.4, 0.5) is 0 Å². The molecular formula is C17H18O4. The average Bonchev–Trinajstić information content (AvgIpc) is 2.52. The summed E-state index contributed by atoms with van der Waals surface area (Å²) in [5.41, 5.74) is 1.52. The van der Waals surface area contributed by atoms with Crippen LogP contribution in [0.5, 0.6) is 17.2 Å². The van der Waals surface area contributed by atoms with Gasteiger partial charge >= 0.3 is 0 Å². The SMILES string of the molecule is COc1cc(C(C)=O)c(OC)cc1OCc1ccccc1. The lowest BCUT2D eigenvalue weighted by Crippen LogP contribution is -2.02. The summed E-state index contributed by atoms with van der Waals surface area (Å²) in [6.45, 7) is 1.90. The first kappa shape index (κ1) is 14.9. The van der Waals surface area contributed by atoms with E-state index in [0.29, 0.717) is 29.4 Å². The lowest BCUT2D eigenvalue weighted by molar-refractivity contribution is 0.101. The number of rotatable bonds is 6. The Morgan fingerprint density at radius 2 is 1.62 bits per heavy atom. The predicted molar refractivity (Wildman–Crippen MR) is 80.3 cm³/mol. The molecule has 4 nitrogen and oxygen atoms in total. The van der Waals surface area contributed by atoms with Crippen molar-refractivity contribution in [1.82, 2.24) is 0 Å². The van der Waals surface area contributed by atoms with Gasteiger partial charge in [0.1, 0.15) is 12.4 Å². The fourth-order valence-electron chi connectivity index (χ4n) is 1.99. The van der Waals surface area contributed by atoms with Crippen LogP contribution < -0.4 is 14.2 Å². The van der Waals surface area contributed by atoms with E-state index in [1.165, 1.54) is 14.0 Å². The highest BCUT2D eigenvalue weighted by Gasteiger charge is 2.15. The number of carbonyl (C=O) groups excluding carboxylic acids is 1. The van der Waals surface area contributed by atoms with Crippen LogP contribution in [-0.2, 0) is 6.61 Å². The van der Waals surface area contributed by atoms with Crippen molar-refractivity contribution < 1.29 is 19.0 Å². The van der Waals surface area contributed by atoms with Crippen molar-refractivity contribution in [2.45, 2.75) is 13.5 Å². The van der Waals surface area contributed by atoms with Crippen LogP contribution in [0.1, 0.15) is 22.8 Å². The quantitative estimate of drug-likeness (QED) is 0.763. The molecule has 0 heterocycles. The summed E-state index contributed by atoms with van der Waals surface area (Å²) >= 11 is 0. The second-order valence-electron chi connectivity index (χ2n) is 4.53. The highest BCUT2D eigenvalue weighted by atomic mass is 16.5. The standard InChI is InChI=1S/C17H18O4/c1-12(18)14-9-16(20-3)17(10-15(14)19-2)21-11-13-7-5-4-6-8-13/h4-10H,11H2,1-3H3. The Morgan fingerprint density at radius 1 is 0.952 bits per heavy atom. The third-order valence-electron chi connectivity index (χ3n) is 3.10. The molecular weight excluding hydrogens is 268 g/mol. The first-order valence-corrected chi connectivity index (χ1v) is 6.59. The van der Waals surface area contributed by atoms with Gasteiger partial charge in [0.15, 0.2) is 17.3 Å². The van der Waals surface area contributed by atoms with Crippen LogP contribution in [0.25, 0.3) is 0 Å². The summed E-state index contributed by atoms with van der Waals surface area (Å²) < 4.78 is 16.3. The van der Waals surface area contributed by atoms with Crippen molar-refractivity contribution in [2.24, 2.45) is 0 Å². The minimum absolute atomic E-state index is 0.0836. The number of ketones is 1. The van der Waals surface area contributed by atoms with Crippen LogP contribution in [-0.4, -0.2) is 20.0 Å². The van der Waals surface area contributed by atoms with Gasteiger partial charge < -0.3 is 14.2 Å². The predicted octanol–water partition coefficient (Wildman–Crippen LogP) is 3.49. The smallest absolute Gasteiger partial charge is 0.165 e. The molecule has 110 valence electrons. The molecule has 21 heavy (non-hydrogen) atoms. The fourth-order valence-corrected chi connectivity index (χ4v) is 1.99. The molecule has 2 aromatic carbocycles. The summed E-state index contributed by atoms with van der Waals surface area (Å²) in [5, 5.41) is 0. The van der Waals surface area contributed by atoms with E-state index in [0.717, 1.165) is 5.56 Å². The zero-order valence-electron chi connectivity index (χ0n) is 12.4. The third kappa shape index (κ3) is 3.54. The number of carbonyl (C=O) groups is 1. The molecule has 0 aromatic heterocycles. The largest absolute Gasteiger partial charge is 0.496 e. The Morgan fingerprint density at radius 3 is 2.19 bits per heavy atom. The first-order chi connectivity index (χ1) is 10.2. The Kier molecular flexibility index (Phi) is 4.82. The van der Waals surface area contributed by atoms with Crippen LogP contribution in [0.2, 0.25) is 0 Å². The molecule has 0 saturated carbocycles. The molecule has 0 spiro atoms. The topological polar surface area (TPSA) is 44.8 Å². The number of Topliss-reactive ketones (excluding diaryl/α,β-unsaturated/α-hetero) is 1. The lowest BCUT2D eigenvalue weighted by Gasteiger charge is -2.14. The second-order valence-corrected chi connectivity index (χ2v) is 4.53. The van der Waals surface area contributed by atoms with Gasteiger partial charge in [0, 0.05) is 6.07 Å². The molecule has 0 bridgehead atoms. The number of ether oxygens (including phenoxy) is 3. The maximum absolute atomic E-state index is 11.6. The van der Waals surface area contributed by atoms with E-state index in [-0.39, 0.29) is 5.78 Å². The van der Waals surface area contributed by atoms with E-state index < -0.39 is 0 Å². The van der Waals surface area contributed by atoms with E-state index in [4.69, 9.17) is 14.2 Å². The van der Waals surface area contributed by atoms with Gasteiger partial charge in [-0.2, -0.15) is 0 Å². The summed E-state index contributed by atoms with van der Waals surface area (Å²) in [6.07, 6.45) is 0. The minimum atomic E-state index is -0.0836. The van der Waals surface area contributed by atoms with Gasteiger partial charge in [0.25, 0.3) is 0 Å². The molecule has 0 unspecified atom stereocenters. The summed E-state index contributed by atoms with van der Waals surface area (Å²) in [4.78, 5) is 11.6. The Balaban J connectivity index is 2.28. The van der Waals surface area contributed by atoms with Crippen molar-refractivity contribution in [2.75, 3.05) is 14.2 Å². The Bertz CT molecular complexity index is 620. The molecule has 0 N–H and O–H groups in total. The van der Waals surface area contributed by atoms with Gasteiger partial charge in [-0.15, -0.1) is 0 Å². The molecule has 2 rings (SSSR count). The normalized spacial score (nSPS) is 10.0. The minimum Gasteiger partial charge on any atom is -0.496 e. The Labute approximate surface area is 124 Å². The van der Waals surface area contributed by atoms with Crippen molar-refractivity contribution >= 4 is 5.78 Å². The maximum Gasteiger partial charge on any atom is 0.165 e. The number of benzene rings is 2. The van der Waals surface area contributed by atoms with Crippen LogP contribution in [0, 0.1) is 0 Å². The van der Waals surface area contributed by atoms with Gasteiger partial charge in [0.2, 0.25) is 0 Å². The number of methoxy groups -OCH3 is 2. The van der Waals surface area contributed by atoms with Crippen molar-refractivity contribution in [3.05, 3.63) is 53.6 Å². The highest BCUT2D eigenvalue weighted by molar-refractivity contribution is 5.97. The molecule has 0 atom stereocenters. The maximum atomic E-state index is 11.6. The summed E-state index contributed by atoms with van der Waals surface area (Å²) in [6, 6.07) is 13.1. The molecule has 0 fully saturated rings. The lowest BCUT2D eigenvalue weighted by atomic mass is 10.1. The van der Waals surface area contributed by atoms with Crippen molar-refractivity contribution in [1.29, 1.82) is 0 Å². The first-order valence-electron chi connectivity index (χ1n) is 6.59. The number of hydrogen-bond donors (Lipinski definition) is 0. The molecule has 2 aromatic rings. The van der Waals surface area contributed by atoms with Gasteiger partial charge in [-0.1, -0.05) is 30.3 Å². The average molecular weight is 286 g/mol. The zero-order valence-corrected chi connectivity index (χ0v) is 12.4. The van der Waals surface area contributed by atoms with E-state index in [9.17, 15) is 4.79 Å². The molecule has 4 heteroatoms. The summed E-state index contributed by atoms with van der Waals surface area (Å²) in [5.74, 6) is 1.45. The third-order valence-corrected chi connectivity index (χ3v) is 3.10. The fraction of sp³-hybridized carbons (Fsp3) is 0.235. The van der Waals surface area contributed by atoms with E-state index in [1.54, 1.807) is 19.2 Å². The molecule has 0 aliphatic carbocycles. The second kappa shape index (κ2) is 6.79. The molecule has 0 aliphatic heterocycles. The van der Waals surface area contributed by atoms with Crippen molar-refractivity contribution in [3.8, 4) is 17.2 Å². The van der Waals surface area contributed by atoms with Gasteiger partial charge in [-0.05, 0) is 18.6 Å². The molecule has 0 radical (unpaired) electrons. The number of hydrogen-bond acceptors (Lipinski definition) is 4. The van der Waals surface area contributed by atoms with Crippen molar-refractivity contribution in [3.63, 3.8) is 0 Å². The van der Waals surface area contributed by atoms with Gasteiger partial charge in [-0.25, -0.2) is 0 Å². The van der Waals surface area contributed by atoms with Crippen LogP contribution in [0.15, 0.2) is 42.5 Å². The Hall–Kier alpha value is -2.49. The molecule has 0 saturated heterocycles.